The zero-order valence-electron chi connectivity index (χ0n) is 11.1. The maximum Gasteiger partial charge on any atom is 0.0593 e. The van der Waals surface area contributed by atoms with Crippen LogP contribution in [0.2, 0.25) is 0 Å². The van der Waals surface area contributed by atoms with E-state index in [9.17, 15) is 0 Å². The Kier molecular flexibility index (Phi) is 6.01. The molecule has 0 bridgehead atoms. The van der Waals surface area contributed by atoms with Gasteiger partial charge in [-0.1, -0.05) is 26.0 Å². The van der Waals surface area contributed by atoms with Crippen molar-refractivity contribution in [2.24, 2.45) is 5.92 Å². The van der Waals surface area contributed by atoms with Gasteiger partial charge >= 0.3 is 0 Å². The minimum Gasteiger partial charge on any atom is -0.399 e. The van der Waals surface area contributed by atoms with Crippen LogP contribution in [0.4, 0.5) is 5.69 Å². The molecule has 0 aliphatic heterocycles. The minimum absolute atomic E-state index is 0.609. The number of rotatable bonds is 7. The molecule has 0 aromatic heterocycles. The molecular weight excluding hydrogens is 212 g/mol. The molecule has 0 heterocycles. The summed E-state index contributed by atoms with van der Waals surface area (Å²) in [7, 11) is 2.11. The van der Waals surface area contributed by atoms with Gasteiger partial charge in [0, 0.05) is 25.4 Å². The predicted molar refractivity (Wildman–Crippen MR) is 72.8 cm³/mol. The van der Waals surface area contributed by atoms with E-state index in [1.165, 1.54) is 5.56 Å². The number of ether oxygens (including phenoxy) is 1. The first-order chi connectivity index (χ1) is 8.08. The van der Waals surface area contributed by atoms with E-state index in [-0.39, 0.29) is 0 Å². The lowest BCUT2D eigenvalue weighted by molar-refractivity contribution is 0.0901. The van der Waals surface area contributed by atoms with E-state index in [1.54, 1.807) is 0 Å². The molecule has 0 amide bonds. The molecule has 0 aliphatic rings. The highest BCUT2D eigenvalue weighted by Crippen LogP contribution is 2.07. The Labute approximate surface area is 105 Å². The summed E-state index contributed by atoms with van der Waals surface area (Å²) in [4.78, 5) is 2.26. The van der Waals surface area contributed by atoms with E-state index < -0.39 is 0 Å². The number of nitrogens with zero attached hydrogens (tertiary/aromatic N) is 1. The first-order valence-electron chi connectivity index (χ1n) is 6.18. The van der Waals surface area contributed by atoms with E-state index in [0.29, 0.717) is 5.92 Å². The molecule has 1 aromatic rings. The number of likely N-dealkylation sites (N-methyl/N-ethyl adjacent to an activating group) is 1. The van der Waals surface area contributed by atoms with Crippen molar-refractivity contribution in [1.82, 2.24) is 4.90 Å². The second kappa shape index (κ2) is 7.30. The van der Waals surface area contributed by atoms with Gasteiger partial charge in [0.25, 0.3) is 0 Å². The summed E-state index contributed by atoms with van der Waals surface area (Å²) in [5.41, 5.74) is 7.75. The lowest BCUT2D eigenvalue weighted by atomic mass is 10.2. The van der Waals surface area contributed by atoms with Gasteiger partial charge in [-0.3, -0.25) is 4.90 Å². The third-order valence-corrected chi connectivity index (χ3v) is 2.50. The molecule has 1 rings (SSSR count). The average molecular weight is 236 g/mol. The summed E-state index contributed by atoms with van der Waals surface area (Å²) in [6.45, 7) is 7.86. The molecule has 1 aromatic carbocycles. The number of hydrogen-bond acceptors (Lipinski definition) is 3. The van der Waals surface area contributed by atoms with E-state index in [4.69, 9.17) is 10.5 Å². The monoisotopic (exact) mass is 236 g/mol. The first kappa shape index (κ1) is 14.0. The maximum absolute atomic E-state index is 5.65. The van der Waals surface area contributed by atoms with Crippen molar-refractivity contribution in [3.63, 3.8) is 0 Å². The maximum atomic E-state index is 5.65. The van der Waals surface area contributed by atoms with Gasteiger partial charge < -0.3 is 10.5 Å². The molecule has 0 aliphatic carbocycles. The van der Waals surface area contributed by atoms with Crippen molar-refractivity contribution < 1.29 is 4.74 Å². The molecule has 0 atom stereocenters. The first-order valence-corrected chi connectivity index (χ1v) is 6.18. The highest BCUT2D eigenvalue weighted by molar-refractivity contribution is 5.39. The van der Waals surface area contributed by atoms with Gasteiger partial charge in [0.15, 0.2) is 0 Å². The van der Waals surface area contributed by atoms with Gasteiger partial charge in [-0.2, -0.15) is 0 Å². The highest BCUT2D eigenvalue weighted by Gasteiger charge is 2.01. The molecule has 0 unspecified atom stereocenters. The molecule has 0 radical (unpaired) electrons. The van der Waals surface area contributed by atoms with Crippen LogP contribution in [0.1, 0.15) is 19.4 Å². The zero-order valence-corrected chi connectivity index (χ0v) is 11.1. The average Bonchev–Trinajstić information content (AvgIpc) is 2.27. The minimum atomic E-state index is 0.609. The van der Waals surface area contributed by atoms with Crippen LogP contribution >= 0.6 is 0 Å². The second-order valence-corrected chi connectivity index (χ2v) is 4.95. The SMILES string of the molecule is CC(C)COCCN(C)Cc1ccc(N)cc1. The quantitative estimate of drug-likeness (QED) is 0.583. The molecule has 17 heavy (non-hydrogen) atoms. The number of nitrogen functional groups attached to an aromatic ring is 1. The lowest BCUT2D eigenvalue weighted by Gasteiger charge is -2.17. The van der Waals surface area contributed by atoms with Crippen molar-refractivity contribution in [1.29, 1.82) is 0 Å². The number of benzene rings is 1. The number of nitrogens with two attached hydrogens (primary N) is 1. The molecule has 3 heteroatoms. The van der Waals surface area contributed by atoms with E-state index in [2.05, 4.69) is 37.9 Å². The standard InChI is InChI=1S/C14H24N2O/c1-12(2)11-17-9-8-16(3)10-13-4-6-14(15)7-5-13/h4-7,12H,8-11,15H2,1-3H3. The molecule has 0 fully saturated rings. The fourth-order valence-corrected chi connectivity index (χ4v) is 1.55. The van der Waals surface area contributed by atoms with Gasteiger partial charge in [-0.25, -0.2) is 0 Å². The Morgan fingerprint density at radius 3 is 2.47 bits per heavy atom. The second-order valence-electron chi connectivity index (χ2n) is 4.95. The molecule has 0 saturated carbocycles. The van der Waals surface area contributed by atoms with Crippen LogP contribution in [0.25, 0.3) is 0 Å². The normalized spacial score (nSPS) is 11.4. The Bertz CT molecular complexity index is 309. The molecule has 2 N–H and O–H groups in total. The lowest BCUT2D eigenvalue weighted by Crippen LogP contribution is -2.23. The summed E-state index contributed by atoms with van der Waals surface area (Å²) in [5, 5.41) is 0. The van der Waals surface area contributed by atoms with Gasteiger partial charge in [0.2, 0.25) is 0 Å². The van der Waals surface area contributed by atoms with Gasteiger partial charge in [0.1, 0.15) is 0 Å². The summed E-state index contributed by atoms with van der Waals surface area (Å²) >= 11 is 0. The summed E-state index contributed by atoms with van der Waals surface area (Å²) < 4.78 is 5.56. The Morgan fingerprint density at radius 2 is 1.88 bits per heavy atom. The smallest absolute Gasteiger partial charge is 0.0593 e. The number of hydrogen-bond donors (Lipinski definition) is 1. The van der Waals surface area contributed by atoms with Crippen LogP contribution in [0.15, 0.2) is 24.3 Å². The topological polar surface area (TPSA) is 38.5 Å². The summed E-state index contributed by atoms with van der Waals surface area (Å²) in [5.74, 6) is 0.609. The van der Waals surface area contributed by atoms with Crippen molar-refractivity contribution in [2.45, 2.75) is 20.4 Å². The van der Waals surface area contributed by atoms with Crippen molar-refractivity contribution >= 4 is 5.69 Å². The molecule has 3 nitrogen and oxygen atoms in total. The Balaban J connectivity index is 2.20. The van der Waals surface area contributed by atoms with Crippen LogP contribution in [-0.2, 0) is 11.3 Å². The summed E-state index contributed by atoms with van der Waals surface area (Å²) in [6, 6.07) is 8.03. The van der Waals surface area contributed by atoms with Crippen LogP contribution < -0.4 is 5.73 Å². The fourth-order valence-electron chi connectivity index (χ4n) is 1.55. The molecule has 0 spiro atoms. The van der Waals surface area contributed by atoms with E-state index in [0.717, 1.165) is 32.0 Å². The van der Waals surface area contributed by atoms with Gasteiger partial charge in [-0.05, 0) is 30.7 Å². The molecule has 96 valence electrons. The van der Waals surface area contributed by atoms with Gasteiger partial charge in [-0.15, -0.1) is 0 Å². The van der Waals surface area contributed by atoms with E-state index in [1.807, 2.05) is 12.1 Å². The zero-order chi connectivity index (χ0) is 12.7. The van der Waals surface area contributed by atoms with Crippen molar-refractivity contribution in [3.8, 4) is 0 Å². The largest absolute Gasteiger partial charge is 0.399 e. The fraction of sp³-hybridized carbons (Fsp3) is 0.571. The highest BCUT2D eigenvalue weighted by atomic mass is 16.5. The van der Waals surface area contributed by atoms with Gasteiger partial charge in [0.05, 0.1) is 6.61 Å². The third-order valence-electron chi connectivity index (χ3n) is 2.50. The van der Waals surface area contributed by atoms with Crippen LogP contribution in [0, 0.1) is 5.92 Å². The predicted octanol–water partition coefficient (Wildman–Crippen LogP) is 2.37. The van der Waals surface area contributed by atoms with Crippen LogP contribution in [0.3, 0.4) is 0 Å². The summed E-state index contributed by atoms with van der Waals surface area (Å²) in [6.07, 6.45) is 0. The Hall–Kier alpha value is -1.06. The van der Waals surface area contributed by atoms with Crippen LogP contribution in [-0.4, -0.2) is 31.7 Å². The van der Waals surface area contributed by atoms with Crippen LogP contribution in [0.5, 0.6) is 0 Å². The number of anilines is 1. The molecular formula is C14H24N2O. The Morgan fingerprint density at radius 1 is 1.24 bits per heavy atom. The third kappa shape index (κ3) is 6.29. The van der Waals surface area contributed by atoms with E-state index >= 15 is 0 Å². The molecule has 0 saturated heterocycles. The van der Waals surface area contributed by atoms with Crippen molar-refractivity contribution in [2.75, 3.05) is 32.5 Å². The van der Waals surface area contributed by atoms with Crippen molar-refractivity contribution in [3.05, 3.63) is 29.8 Å².